The maximum Gasteiger partial charge on any atom is 0.198 e. The third-order valence-corrected chi connectivity index (χ3v) is 7.47. The van der Waals surface area contributed by atoms with Gasteiger partial charge in [0.2, 0.25) is 0 Å². The molecule has 3 aliphatic carbocycles. The molecule has 0 aromatic rings. The Balaban J connectivity index is 2.02. The van der Waals surface area contributed by atoms with Crippen molar-refractivity contribution in [1.82, 2.24) is 4.90 Å². The first-order valence-corrected chi connectivity index (χ1v) is 12.7. The van der Waals surface area contributed by atoms with Crippen LogP contribution < -0.4 is 5.73 Å². The standard InChI is InChI=1S/C28H40N2O4/c1-5-9-11-18-14-16-28(15-10-6-2,27(29)24(18)32)23-25(33)22(26(23)34)20-13-12-19(17-21(20)31)30(7-3)8-4/h12-14,16-17,19,27,31-33H,5-11,15,29H2,1-4H3. The molecule has 0 aliphatic heterocycles. The number of likely N-dealkylation sites (N-methyl/N-ethyl adjacent to an activating group) is 1. The van der Waals surface area contributed by atoms with E-state index < -0.39 is 11.5 Å². The van der Waals surface area contributed by atoms with Crippen molar-refractivity contribution < 1.29 is 20.1 Å². The maximum absolute atomic E-state index is 13.5. The molecule has 0 spiro atoms. The molecule has 0 amide bonds. The molecule has 34 heavy (non-hydrogen) atoms. The van der Waals surface area contributed by atoms with E-state index in [4.69, 9.17) is 5.73 Å². The third-order valence-electron chi connectivity index (χ3n) is 7.47. The Hall–Kier alpha value is -2.57. The van der Waals surface area contributed by atoms with E-state index in [1.54, 1.807) is 12.2 Å². The van der Waals surface area contributed by atoms with Crippen LogP contribution in [0, 0.1) is 5.41 Å². The average Bonchev–Trinajstić information content (AvgIpc) is 2.83. The molecule has 6 heteroatoms. The molecule has 3 aliphatic rings. The molecule has 0 saturated heterocycles. The summed E-state index contributed by atoms with van der Waals surface area (Å²) < 4.78 is 0. The van der Waals surface area contributed by atoms with E-state index >= 15 is 0 Å². The summed E-state index contributed by atoms with van der Waals surface area (Å²) in [5.74, 6) is -0.362. The summed E-state index contributed by atoms with van der Waals surface area (Å²) in [5, 5.41) is 32.8. The number of allylic oxidation sites excluding steroid dienone is 4. The molecule has 0 saturated carbocycles. The molecular formula is C28H40N2O4. The minimum absolute atomic E-state index is 0.0102. The Labute approximate surface area is 203 Å². The Morgan fingerprint density at radius 2 is 1.71 bits per heavy atom. The molecule has 5 N–H and O–H groups in total. The molecule has 186 valence electrons. The first kappa shape index (κ1) is 26.0. The lowest BCUT2D eigenvalue weighted by Gasteiger charge is -2.44. The summed E-state index contributed by atoms with van der Waals surface area (Å²) in [6, 6.07) is -0.865. The number of aliphatic hydroxyl groups excluding tert-OH is 3. The number of carbonyl (C=O) groups excluding carboxylic acids is 1. The summed E-state index contributed by atoms with van der Waals surface area (Å²) in [6.45, 7) is 9.92. The monoisotopic (exact) mass is 468 g/mol. The number of hydrogen-bond acceptors (Lipinski definition) is 6. The number of hydrogen-bond donors (Lipinski definition) is 4. The highest BCUT2D eigenvalue weighted by atomic mass is 16.3. The number of unbranched alkanes of at least 4 members (excludes halogenated alkanes) is 2. The van der Waals surface area contributed by atoms with Gasteiger partial charge in [-0.3, -0.25) is 9.69 Å². The van der Waals surface area contributed by atoms with Crippen LogP contribution in [0.25, 0.3) is 0 Å². The van der Waals surface area contributed by atoms with Crippen molar-refractivity contribution in [3.05, 3.63) is 70.0 Å². The zero-order chi connectivity index (χ0) is 25.0. The van der Waals surface area contributed by atoms with Gasteiger partial charge in [-0.05, 0) is 44.0 Å². The van der Waals surface area contributed by atoms with E-state index in [9.17, 15) is 20.1 Å². The van der Waals surface area contributed by atoms with Gasteiger partial charge >= 0.3 is 0 Å². The van der Waals surface area contributed by atoms with Gasteiger partial charge in [0.15, 0.2) is 5.78 Å². The molecule has 0 fully saturated rings. The van der Waals surface area contributed by atoms with Crippen LogP contribution >= 0.6 is 0 Å². The summed E-state index contributed by atoms with van der Waals surface area (Å²) in [7, 11) is 0. The average molecular weight is 469 g/mol. The number of nitrogens with two attached hydrogens (primary N) is 1. The van der Waals surface area contributed by atoms with Crippen molar-refractivity contribution in [2.75, 3.05) is 13.1 Å². The molecule has 6 nitrogen and oxygen atoms in total. The zero-order valence-electron chi connectivity index (χ0n) is 21.0. The second-order valence-electron chi connectivity index (χ2n) is 9.43. The third kappa shape index (κ3) is 4.41. The Morgan fingerprint density at radius 1 is 1.03 bits per heavy atom. The largest absolute Gasteiger partial charge is 0.510 e. The minimum Gasteiger partial charge on any atom is -0.510 e. The summed E-state index contributed by atoms with van der Waals surface area (Å²) in [5.41, 5.74) is 7.09. The van der Waals surface area contributed by atoms with E-state index in [1.807, 2.05) is 18.2 Å². The number of rotatable bonds is 10. The number of carbonyl (C=O) groups is 1. The predicted molar refractivity (Wildman–Crippen MR) is 137 cm³/mol. The molecule has 0 bridgehead atoms. The fraction of sp³-hybridized carbons (Fsp3) is 0.536. The van der Waals surface area contributed by atoms with E-state index in [0.717, 1.165) is 50.8 Å². The van der Waals surface area contributed by atoms with Gasteiger partial charge in [0.05, 0.1) is 23.2 Å². The summed E-state index contributed by atoms with van der Waals surface area (Å²) >= 11 is 0. The molecule has 0 aromatic carbocycles. The van der Waals surface area contributed by atoms with Gasteiger partial charge in [0.1, 0.15) is 17.3 Å². The van der Waals surface area contributed by atoms with Crippen LogP contribution in [0.2, 0.25) is 0 Å². The van der Waals surface area contributed by atoms with Crippen LogP contribution in [0.3, 0.4) is 0 Å². The Morgan fingerprint density at radius 3 is 2.26 bits per heavy atom. The SMILES string of the molecule is CCCCC1=C(O)C(N)C(CCCC)(C2=C(O)C(=C3C=CC(N(CC)CC)C=C3O)C2=O)C=C1. The lowest BCUT2D eigenvalue weighted by Crippen LogP contribution is -2.50. The molecule has 0 heterocycles. The van der Waals surface area contributed by atoms with Crippen molar-refractivity contribution in [2.45, 2.75) is 78.3 Å². The molecule has 3 atom stereocenters. The molecule has 3 rings (SSSR count). The van der Waals surface area contributed by atoms with Gasteiger partial charge in [-0.15, -0.1) is 0 Å². The normalized spacial score (nSPS) is 29.2. The molecule has 0 radical (unpaired) electrons. The van der Waals surface area contributed by atoms with Gasteiger partial charge in [0.25, 0.3) is 0 Å². The number of aliphatic hydroxyl groups is 3. The molecular weight excluding hydrogens is 428 g/mol. The van der Waals surface area contributed by atoms with Gasteiger partial charge in [0, 0.05) is 11.0 Å². The second-order valence-corrected chi connectivity index (χ2v) is 9.43. The molecule has 0 aromatic heterocycles. The van der Waals surface area contributed by atoms with Crippen molar-refractivity contribution in [3.8, 4) is 0 Å². The summed E-state index contributed by atoms with van der Waals surface area (Å²) in [6.07, 6.45) is 14.0. The lowest BCUT2D eigenvalue weighted by atomic mass is 9.60. The first-order chi connectivity index (χ1) is 16.3. The van der Waals surface area contributed by atoms with E-state index in [0.29, 0.717) is 12.0 Å². The quantitative estimate of drug-likeness (QED) is 0.317. The van der Waals surface area contributed by atoms with Crippen LogP contribution in [-0.4, -0.2) is 51.2 Å². The number of Topliss-reactive ketones (excluding diaryl/α,β-unsaturated/α-hetero) is 1. The second kappa shape index (κ2) is 10.8. The molecule has 3 unspecified atom stereocenters. The van der Waals surface area contributed by atoms with Crippen LogP contribution in [-0.2, 0) is 4.79 Å². The smallest absolute Gasteiger partial charge is 0.198 e. The fourth-order valence-electron chi connectivity index (χ4n) is 5.29. The topological polar surface area (TPSA) is 107 Å². The van der Waals surface area contributed by atoms with Crippen molar-refractivity contribution in [1.29, 1.82) is 0 Å². The summed E-state index contributed by atoms with van der Waals surface area (Å²) in [4.78, 5) is 15.6. The van der Waals surface area contributed by atoms with E-state index in [1.165, 1.54) is 0 Å². The van der Waals surface area contributed by atoms with Gasteiger partial charge in [-0.1, -0.05) is 71.3 Å². The Bertz CT molecular complexity index is 994. The van der Waals surface area contributed by atoms with Gasteiger partial charge in [-0.25, -0.2) is 0 Å². The van der Waals surface area contributed by atoms with Crippen LogP contribution in [0.4, 0.5) is 0 Å². The van der Waals surface area contributed by atoms with Crippen LogP contribution in [0.1, 0.15) is 66.2 Å². The highest BCUT2D eigenvalue weighted by Crippen LogP contribution is 2.51. The van der Waals surface area contributed by atoms with E-state index in [-0.39, 0.29) is 40.2 Å². The highest BCUT2D eigenvalue weighted by Gasteiger charge is 2.53. The number of nitrogens with zero attached hydrogens (tertiary/aromatic N) is 1. The zero-order valence-corrected chi connectivity index (χ0v) is 21.0. The van der Waals surface area contributed by atoms with Crippen molar-refractivity contribution >= 4 is 5.78 Å². The maximum atomic E-state index is 13.5. The van der Waals surface area contributed by atoms with Crippen LogP contribution in [0.15, 0.2) is 70.0 Å². The lowest BCUT2D eigenvalue weighted by molar-refractivity contribution is -0.115. The predicted octanol–water partition coefficient (Wildman–Crippen LogP) is 5.48. The Kier molecular flexibility index (Phi) is 8.26. The van der Waals surface area contributed by atoms with Crippen molar-refractivity contribution in [3.63, 3.8) is 0 Å². The van der Waals surface area contributed by atoms with E-state index in [2.05, 4.69) is 32.6 Å². The van der Waals surface area contributed by atoms with Gasteiger partial charge in [-0.2, -0.15) is 0 Å². The number of ketones is 1. The van der Waals surface area contributed by atoms with Crippen LogP contribution in [0.5, 0.6) is 0 Å². The van der Waals surface area contributed by atoms with Gasteiger partial charge < -0.3 is 21.1 Å². The first-order valence-electron chi connectivity index (χ1n) is 12.7. The fourth-order valence-corrected chi connectivity index (χ4v) is 5.29. The minimum atomic E-state index is -0.970. The van der Waals surface area contributed by atoms with Crippen molar-refractivity contribution in [2.24, 2.45) is 11.1 Å². The highest BCUT2D eigenvalue weighted by molar-refractivity contribution is 6.21.